The molecule has 3 rings (SSSR count). The minimum absolute atomic E-state index is 0.0779. The summed E-state index contributed by atoms with van der Waals surface area (Å²) < 4.78 is 2.23. The Morgan fingerprint density at radius 1 is 1.26 bits per heavy atom. The van der Waals surface area contributed by atoms with Crippen LogP contribution in [0.1, 0.15) is 22.0 Å². The molecule has 2 heterocycles. The Labute approximate surface area is 140 Å². The molecule has 0 radical (unpaired) electrons. The second-order valence-electron chi connectivity index (χ2n) is 5.69. The Hall–Kier alpha value is -2.14. The first kappa shape index (κ1) is 15.7. The number of hydrogen-bond acceptors (Lipinski definition) is 3. The Balaban J connectivity index is 1.46. The molecule has 0 bridgehead atoms. The molecule has 1 aromatic carbocycles. The monoisotopic (exact) mass is 327 g/mol. The molecule has 4 nitrogen and oxygen atoms in total. The van der Waals surface area contributed by atoms with Gasteiger partial charge in [0.25, 0.3) is 0 Å². The molecule has 0 aliphatic heterocycles. The predicted molar refractivity (Wildman–Crippen MR) is 94.9 cm³/mol. The van der Waals surface area contributed by atoms with E-state index in [0.717, 1.165) is 28.5 Å². The van der Waals surface area contributed by atoms with Gasteiger partial charge >= 0.3 is 0 Å². The van der Waals surface area contributed by atoms with Crippen molar-refractivity contribution in [1.82, 2.24) is 14.9 Å². The summed E-state index contributed by atoms with van der Waals surface area (Å²) in [5.74, 6) is 0.0779. The van der Waals surface area contributed by atoms with Crippen LogP contribution < -0.4 is 5.32 Å². The zero-order valence-electron chi connectivity index (χ0n) is 13.5. The van der Waals surface area contributed by atoms with E-state index in [4.69, 9.17) is 0 Å². The molecule has 1 N–H and O–H groups in total. The van der Waals surface area contributed by atoms with E-state index in [1.54, 1.807) is 11.3 Å². The number of thiazole rings is 1. The standard InChI is InChI=1S/C18H21N3OS/c1-13-17(23-14(2)20-13)12-18(22)19-9-5-10-21-11-8-15-6-3-4-7-16(15)21/h3-4,6-8,11H,5,9-10,12H2,1-2H3,(H,19,22). The Morgan fingerprint density at radius 3 is 2.87 bits per heavy atom. The smallest absolute Gasteiger partial charge is 0.225 e. The first-order chi connectivity index (χ1) is 11.1. The highest BCUT2D eigenvalue weighted by atomic mass is 32.1. The number of rotatable bonds is 6. The van der Waals surface area contributed by atoms with Crippen molar-refractivity contribution in [3.05, 3.63) is 52.1 Å². The van der Waals surface area contributed by atoms with E-state index in [-0.39, 0.29) is 5.91 Å². The normalized spacial score (nSPS) is 11.0. The lowest BCUT2D eigenvalue weighted by Crippen LogP contribution is -2.26. The molecule has 0 fully saturated rings. The lowest BCUT2D eigenvalue weighted by atomic mass is 10.2. The van der Waals surface area contributed by atoms with Gasteiger partial charge in [-0.25, -0.2) is 4.98 Å². The van der Waals surface area contributed by atoms with E-state index in [9.17, 15) is 4.79 Å². The van der Waals surface area contributed by atoms with Crippen LogP contribution >= 0.6 is 11.3 Å². The molecule has 3 aromatic rings. The average Bonchev–Trinajstić information content (AvgIpc) is 3.07. The maximum Gasteiger partial charge on any atom is 0.225 e. The molecule has 5 heteroatoms. The minimum Gasteiger partial charge on any atom is -0.356 e. The summed E-state index contributed by atoms with van der Waals surface area (Å²) in [5, 5.41) is 5.28. The lowest BCUT2D eigenvalue weighted by molar-refractivity contribution is -0.120. The molecule has 23 heavy (non-hydrogen) atoms. The number of fused-ring (bicyclic) bond motifs is 1. The molecule has 0 aliphatic rings. The van der Waals surface area contributed by atoms with E-state index in [1.807, 2.05) is 13.8 Å². The largest absolute Gasteiger partial charge is 0.356 e. The number of amides is 1. The van der Waals surface area contributed by atoms with Gasteiger partial charge in [0.15, 0.2) is 0 Å². The van der Waals surface area contributed by atoms with Gasteiger partial charge < -0.3 is 9.88 Å². The third-order valence-electron chi connectivity index (χ3n) is 3.90. The highest BCUT2D eigenvalue weighted by molar-refractivity contribution is 7.11. The van der Waals surface area contributed by atoms with Crippen LogP contribution in [0.25, 0.3) is 10.9 Å². The summed E-state index contributed by atoms with van der Waals surface area (Å²) in [4.78, 5) is 17.4. The van der Waals surface area contributed by atoms with Crippen LogP contribution in [0, 0.1) is 13.8 Å². The van der Waals surface area contributed by atoms with Crippen molar-refractivity contribution in [2.75, 3.05) is 6.54 Å². The number of aryl methyl sites for hydroxylation is 3. The van der Waals surface area contributed by atoms with E-state index in [0.29, 0.717) is 13.0 Å². The molecule has 0 atom stereocenters. The van der Waals surface area contributed by atoms with E-state index in [1.165, 1.54) is 10.9 Å². The molecule has 2 aromatic heterocycles. The van der Waals surface area contributed by atoms with Crippen LogP contribution in [-0.4, -0.2) is 22.0 Å². The van der Waals surface area contributed by atoms with Crippen molar-refractivity contribution < 1.29 is 4.79 Å². The number of carbonyl (C=O) groups is 1. The molecular weight excluding hydrogens is 306 g/mol. The first-order valence-electron chi connectivity index (χ1n) is 7.87. The number of aromatic nitrogens is 2. The second kappa shape index (κ2) is 6.96. The molecule has 0 saturated carbocycles. The van der Waals surface area contributed by atoms with E-state index in [2.05, 4.69) is 51.4 Å². The summed E-state index contributed by atoms with van der Waals surface area (Å²) in [6.45, 7) is 5.54. The van der Waals surface area contributed by atoms with Crippen LogP contribution in [0.3, 0.4) is 0 Å². The van der Waals surface area contributed by atoms with Crippen LogP contribution in [0.15, 0.2) is 36.5 Å². The van der Waals surface area contributed by atoms with Gasteiger partial charge in [-0.2, -0.15) is 0 Å². The van der Waals surface area contributed by atoms with E-state index >= 15 is 0 Å². The average molecular weight is 327 g/mol. The van der Waals surface area contributed by atoms with Crippen LogP contribution in [-0.2, 0) is 17.8 Å². The van der Waals surface area contributed by atoms with Crippen molar-refractivity contribution in [3.63, 3.8) is 0 Å². The van der Waals surface area contributed by atoms with Gasteiger partial charge in [0.1, 0.15) is 0 Å². The second-order valence-corrected chi connectivity index (χ2v) is 6.98. The van der Waals surface area contributed by atoms with Crippen LogP contribution in [0.2, 0.25) is 0 Å². The molecular formula is C18H21N3OS. The number of hydrogen-bond donors (Lipinski definition) is 1. The quantitative estimate of drug-likeness (QED) is 0.705. The van der Waals surface area contributed by atoms with Crippen LogP contribution in [0.5, 0.6) is 0 Å². The van der Waals surface area contributed by atoms with Gasteiger partial charge in [-0.05, 0) is 37.8 Å². The number of carbonyl (C=O) groups excluding carboxylic acids is 1. The third-order valence-corrected chi connectivity index (χ3v) is 4.97. The van der Waals surface area contributed by atoms with Crippen molar-refractivity contribution in [2.24, 2.45) is 0 Å². The fourth-order valence-electron chi connectivity index (χ4n) is 2.76. The highest BCUT2D eigenvalue weighted by Gasteiger charge is 2.09. The number of benzene rings is 1. The Kier molecular flexibility index (Phi) is 4.76. The summed E-state index contributed by atoms with van der Waals surface area (Å²) in [7, 11) is 0. The lowest BCUT2D eigenvalue weighted by Gasteiger charge is -2.07. The highest BCUT2D eigenvalue weighted by Crippen LogP contribution is 2.17. The van der Waals surface area contributed by atoms with Crippen LogP contribution in [0.4, 0.5) is 0 Å². The SMILES string of the molecule is Cc1nc(C)c(CC(=O)NCCCn2ccc3ccccc32)s1. The zero-order valence-corrected chi connectivity index (χ0v) is 14.3. The number of para-hydroxylation sites is 1. The topological polar surface area (TPSA) is 46.9 Å². The number of nitrogens with zero attached hydrogens (tertiary/aromatic N) is 2. The minimum atomic E-state index is 0.0779. The van der Waals surface area contributed by atoms with E-state index < -0.39 is 0 Å². The van der Waals surface area contributed by atoms with Crippen molar-refractivity contribution >= 4 is 28.1 Å². The van der Waals surface area contributed by atoms with Crippen molar-refractivity contribution in [3.8, 4) is 0 Å². The van der Waals surface area contributed by atoms with Gasteiger partial charge in [0, 0.05) is 29.7 Å². The molecule has 1 amide bonds. The van der Waals surface area contributed by atoms with Gasteiger partial charge in [0.2, 0.25) is 5.91 Å². The summed E-state index contributed by atoms with van der Waals surface area (Å²) in [6.07, 6.45) is 3.46. The molecule has 120 valence electrons. The zero-order chi connectivity index (χ0) is 16.2. The fraction of sp³-hybridized carbons (Fsp3) is 0.333. The predicted octanol–water partition coefficient (Wildman–Crippen LogP) is 3.46. The summed E-state index contributed by atoms with van der Waals surface area (Å²) in [5.41, 5.74) is 2.22. The summed E-state index contributed by atoms with van der Waals surface area (Å²) in [6, 6.07) is 10.5. The Bertz CT molecular complexity index is 819. The van der Waals surface area contributed by atoms with Gasteiger partial charge in [-0.3, -0.25) is 4.79 Å². The molecule has 0 aliphatic carbocycles. The van der Waals surface area contributed by atoms with Gasteiger partial charge in [-0.1, -0.05) is 18.2 Å². The maximum absolute atomic E-state index is 12.0. The molecule has 0 spiro atoms. The summed E-state index contributed by atoms with van der Waals surface area (Å²) >= 11 is 1.61. The number of nitrogens with one attached hydrogen (secondary N) is 1. The molecule has 0 unspecified atom stereocenters. The maximum atomic E-state index is 12.0. The van der Waals surface area contributed by atoms with Gasteiger partial charge in [-0.15, -0.1) is 11.3 Å². The van der Waals surface area contributed by atoms with Gasteiger partial charge in [0.05, 0.1) is 17.1 Å². The Morgan fingerprint density at radius 2 is 2.09 bits per heavy atom. The third kappa shape index (κ3) is 3.79. The van der Waals surface area contributed by atoms with Crippen molar-refractivity contribution in [1.29, 1.82) is 0 Å². The van der Waals surface area contributed by atoms with Crippen molar-refractivity contribution in [2.45, 2.75) is 33.2 Å². The fourth-order valence-corrected chi connectivity index (χ4v) is 3.69. The first-order valence-corrected chi connectivity index (χ1v) is 8.68. The molecule has 0 saturated heterocycles.